The minimum absolute atomic E-state index is 0.0146. The lowest BCUT2D eigenvalue weighted by Crippen LogP contribution is -2.35. The first-order chi connectivity index (χ1) is 9.96. The van der Waals surface area contributed by atoms with E-state index < -0.39 is 22.4 Å². The first kappa shape index (κ1) is 16.0. The van der Waals surface area contributed by atoms with Crippen LogP contribution < -0.4 is 0 Å². The summed E-state index contributed by atoms with van der Waals surface area (Å²) in [6.07, 6.45) is 3.72. The van der Waals surface area contributed by atoms with Gasteiger partial charge in [0, 0.05) is 18.7 Å². The maximum Gasteiger partial charge on any atom is 0.244 e. The summed E-state index contributed by atoms with van der Waals surface area (Å²) in [5.74, 6) is 4.32. The highest BCUT2D eigenvalue weighted by molar-refractivity contribution is 7.89. The molecule has 6 heteroatoms. The highest BCUT2D eigenvalue weighted by atomic mass is 32.2. The van der Waals surface area contributed by atoms with E-state index in [1.165, 1.54) is 10.4 Å². The van der Waals surface area contributed by atoms with Gasteiger partial charge in [-0.15, -0.1) is 0 Å². The molecule has 0 bridgehead atoms. The lowest BCUT2D eigenvalue weighted by molar-refractivity contribution is 0.350. The smallest absolute Gasteiger partial charge is 0.244 e. The molecule has 1 aromatic carbocycles. The van der Waals surface area contributed by atoms with Crippen LogP contribution in [-0.4, -0.2) is 37.5 Å². The summed E-state index contributed by atoms with van der Waals surface area (Å²) >= 11 is 0. The van der Waals surface area contributed by atoms with E-state index in [0.29, 0.717) is 0 Å². The van der Waals surface area contributed by atoms with Crippen molar-refractivity contribution in [3.05, 3.63) is 29.6 Å². The van der Waals surface area contributed by atoms with Crippen LogP contribution in [0.2, 0.25) is 0 Å². The lowest BCUT2D eigenvalue weighted by atomic mass is 10.2. The summed E-state index contributed by atoms with van der Waals surface area (Å²) in [4.78, 5) is -0.0146. The zero-order valence-corrected chi connectivity index (χ0v) is 12.7. The zero-order valence-electron chi connectivity index (χ0n) is 11.8. The van der Waals surface area contributed by atoms with E-state index in [9.17, 15) is 12.8 Å². The van der Waals surface area contributed by atoms with Gasteiger partial charge in [0.15, 0.2) is 0 Å². The van der Waals surface area contributed by atoms with Crippen molar-refractivity contribution in [2.45, 2.75) is 36.6 Å². The van der Waals surface area contributed by atoms with Gasteiger partial charge in [0.2, 0.25) is 10.0 Å². The summed E-state index contributed by atoms with van der Waals surface area (Å²) in [5.41, 5.74) is 0.0777. The molecule has 114 valence electrons. The number of hydrogen-bond donors (Lipinski definition) is 1. The van der Waals surface area contributed by atoms with Crippen molar-refractivity contribution < 1.29 is 17.9 Å². The lowest BCUT2D eigenvalue weighted by Gasteiger charge is -2.24. The van der Waals surface area contributed by atoms with Gasteiger partial charge in [0.05, 0.1) is 4.90 Å². The van der Waals surface area contributed by atoms with Crippen molar-refractivity contribution in [2.24, 2.45) is 0 Å². The maximum absolute atomic E-state index is 13.3. The average molecular weight is 311 g/mol. The van der Waals surface area contributed by atoms with Gasteiger partial charge >= 0.3 is 0 Å². The largest absolute Gasteiger partial charge is 0.384 e. The van der Waals surface area contributed by atoms with Gasteiger partial charge in [0.1, 0.15) is 12.4 Å². The number of rotatable bonds is 3. The molecule has 1 aliphatic carbocycles. The Hall–Kier alpha value is -1.42. The van der Waals surface area contributed by atoms with Crippen LogP contribution in [0.3, 0.4) is 0 Å². The second-order valence-electron chi connectivity index (χ2n) is 5.06. The van der Waals surface area contributed by atoms with Crippen LogP contribution in [0.15, 0.2) is 23.1 Å². The highest BCUT2D eigenvalue weighted by Crippen LogP contribution is 2.28. The maximum atomic E-state index is 13.3. The van der Waals surface area contributed by atoms with Gasteiger partial charge in [-0.2, -0.15) is 4.31 Å². The quantitative estimate of drug-likeness (QED) is 0.865. The molecule has 1 aliphatic rings. The monoisotopic (exact) mass is 311 g/mol. The first-order valence-corrected chi connectivity index (χ1v) is 8.28. The van der Waals surface area contributed by atoms with Crippen LogP contribution in [0.4, 0.5) is 4.39 Å². The number of benzene rings is 1. The normalized spacial score (nSPS) is 16.0. The Morgan fingerprint density at radius 3 is 2.67 bits per heavy atom. The summed E-state index contributed by atoms with van der Waals surface area (Å²) < 4.78 is 40.1. The van der Waals surface area contributed by atoms with E-state index >= 15 is 0 Å². The third-order valence-electron chi connectivity index (χ3n) is 3.74. The molecule has 0 spiro atoms. The van der Waals surface area contributed by atoms with Gasteiger partial charge in [-0.25, -0.2) is 12.8 Å². The Labute approximate surface area is 124 Å². The van der Waals surface area contributed by atoms with E-state index in [1.807, 2.05) is 0 Å². The molecule has 0 heterocycles. The molecule has 0 aliphatic heterocycles. The second kappa shape index (κ2) is 6.56. The molecule has 1 aromatic rings. The molecule has 0 aromatic heterocycles. The Morgan fingerprint density at radius 1 is 1.38 bits per heavy atom. The molecule has 0 amide bonds. The zero-order chi connectivity index (χ0) is 15.5. The Morgan fingerprint density at radius 2 is 2.05 bits per heavy atom. The number of halogens is 1. The van der Waals surface area contributed by atoms with E-state index in [2.05, 4.69) is 11.8 Å². The third kappa shape index (κ3) is 3.43. The first-order valence-electron chi connectivity index (χ1n) is 6.84. The molecule has 21 heavy (non-hydrogen) atoms. The fourth-order valence-electron chi connectivity index (χ4n) is 2.58. The number of aliphatic hydroxyl groups excluding tert-OH is 1. The number of nitrogens with zero attached hydrogens (tertiary/aromatic N) is 1. The molecule has 1 fully saturated rings. The average Bonchev–Trinajstić information content (AvgIpc) is 2.98. The Balaban J connectivity index is 2.43. The van der Waals surface area contributed by atoms with Gasteiger partial charge in [0.25, 0.3) is 0 Å². The number of aliphatic hydroxyl groups is 1. The fourth-order valence-corrected chi connectivity index (χ4v) is 4.12. The van der Waals surface area contributed by atoms with Crippen LogP contribution in [0.25, 0.3) is 0 Å². The predicted octanol–water partition coefficient (Wildman–Crippen LogP) is 1.73. The van der Waals surface area contributed by atoms with Crippen molar-refractivity contribution >= 4 is 10.0 Å². The molecule has 0 radical (unpaired) electrons. The Bertz CT molecular complexity index is 670. The van der Waals surface area contributed by atoms with Gasteiger partial charge in [-0.3, -0.25) is 0 Å². The molecular formula is C15H18FNO3S. The molecule has 2 rings (SSSR count). The molecule has 0 atom stereocenters. The minimum Gasteiger partial charge on any atom is -0.384 e. The highest BCUT2D eigenvalue weighted by Gasteiger charge is 2.31. The van der Waals surface area contributed by atoms with Crippen molar-refractivity contribution in [3.8, 4) is 11.8 Å². The van der Waals surface area contributed by atoms with E-state index in [4.69, 9.17) is 5.11 Å². The second-order valence-corrected chi connectivity index (χ2v) is 7.03. The SMILES string of the molecule is CN(C1CCCC1)S(=O)(=O)c1ccc(F)cc1C#CCO. The fraction of sp³-hybridized carbons (Fsp3) is 0.467. The van der Waals surface area contributed by atoms with E-state index in [1.54, 1.807) is 7.05 Å². The molecule has 0 saturated heterocycles. The third-order valence-corrected chi connectivity index (χ3v) is 5.71. The summed E-state index contributed by atoms with van der Waals surface area (Å²) in [6, 6.07) is 3.41. The molecule has 0 unspecified atom stereocenters. The van der Waals surface area contributed by atoms with Gasteiger partial charge in [-0.1, -0.05) is 24.7 Å². The van der Waals surface area contributed by atoms with E-state index in [-0.39, 0.29) is 16.5 Å². The predicted molar refractivity (Wildman–Crippen MR) is 77.6 cm³/mol. The van der Waals surface area contributed by atoms with Crippen molar-refractivity contribution in [1.82, 2.24) is 4.31 Å². The van der Waals surface area contributed by atoms with Crippen LogP contribution >= 0.6 is 0 Å². The van der Waals surface area contributed by atoms with Gasteiger partial charge < -0.3 is 5.11 Å². The van der Waals surface area contributed by atoms with E-state index in [0.717, 1.165) is 37.8 Å². The topological polar surface area (TPSA) is 57.6 Å². The van der Waals surface area contributed by atoms with Crippen molar-refractivity contribution in [2.75, 3.05) is 13.7 Å². The number of sulfonamides is 1. The van der Waals surface area contributed by atoms with Crippen LogP contribution in [0.5, 0.6) is 0 Å². The molecule has 1 saturated carbocycles. The van der Waals surface area contributed by atoms with Crippen LogP contribution in [0.1, 0.15) is 31.2 Å². The summed E-state index contributed by atoms with van der Waals surface area (Å²) in [7, 11) is -2.16. The van der Waals surface area contributed by atoms with Gasteiger partial charge in [-0.05, 0) is 31.0 Å². The summed E-state index contributed by atoms with van der Waals surface area (Å²) in [6.45, 7) is -0.408. The molecule has 4 nitrogen and oxygen atoms in total. The molecular weight excluding hydrogens is 293 g/mol. The standard InChI is InChI=1S/C15H18FNO3S/c1-17(14-6-2-3-7-14)21(19,20)15-9-8-13(16)11-12(15)5-4-10-18/h8-9,11,14,18H,2-3,6-7,10H2,1H3. The Kier molecular flexibility index (Phi) is 4.99. The van der Waals surface area contributed by atoms with Crippen molar-refractivity contribution in [3.63, 3.8) is 0 Å². The summed E-state index contributed by atoms with van der Waals surface area (Å²) in [5, 5.41) is 8.75. The van der Waals surface area contributed by atoms with Crippen LogP contribution in [-0.2, 0) is 10.0 Å². The minimum atomic E-state index is -3.72. The number of hydrogen-bond acceptors (Lipinski definition) is 3. The van der Waals surface area contributed by atoms with Crippen LogP contribution in [0, 0.1) is 17.7 Å². The van der Waals surface area contributed by atoms with Crippen molar-refractivity contribution in [1.29, 1.82) is 0 Å². The molecule has 1 N–H and O–H groups in total.